The van der Waals surface area contributed by atoms with Gasteiger partial charge in [0.1, 0.15) is 5.75 Å². The molecule has 2 rings (SSSR count). The van der Waals surface area contributed by atoms with Gasteiger partial charge in [-0.2, -0.15) is 5.10 Å². The van der Waals surface area contributed by atoms with Crippen molar-refractivity contribution in [1.29, 1.82) is 0 Å². The van der Waals surface area contributed by atoms with Crippen LogP contribution in [0.2, 0.25) is 18.1 Å². The fraction of sp³-hybridized carbons (Fsp3) is 0.400. The molecule has 140 valence electrons. The number of benzene rings is 1. The number of aromatic nitrogens is 2. The van der Waals surface area contributed by atoms with Crippen LogP contribution in [0.1, 0.15) is 39.4 Å². The summed E-state index contributed by atoms with van der Waals surface area (Å²) in [6, 6.07) is 9.46. The molecule has 0 amide bonds. The van der Waals surface area contributed by atoms with Crippen molar-refractivity contribution in [2.75, 3.05) is 0 Å². The molecule has 0 N–H and O–H groups in total. The Kier molecular flexibility index (Phi) is 5.76. The first-order valence-corrected chi connectivity index (χ1v) is 11.6. The largest absolute Gasteiger partial charge is 0.543 e. The average Bonchev–Trinajstić information content (AvgIpc) is 3.05. The van der Waals surface area contributed by atoms with Crippen LogP contribution in [0.5, 0.6) is 5.75 Å². The molecule has 26 heavy (non-hydrogen) atoms. The third-order valence-corrected chi connectivity index (χ3v) is 9.08. The Morgan fingerprint density at radius 2 is 1.96 bits per heavy atom. The maximum Gasteiger partial charge on any atom is 0.303 e. The van der Waals surface area contributed by atoms with Gasteiger partial charge in [-0.25, -0.2) is 4.68 Å². The number of carbonyl (C=O) groups excluding carboxylic acids is 1. The van der Waals surface area contributed by atoms with Gasteiger partial charge < -0.3 is 9.16 Å². The van der Waals surface area contributed by atoms with Gasteiger partial charge in [0.15, 0.2) is 6.10 Å². The Morgan fingerprint density at radius 3 is 2.50 bits per heavy atom. The van der Waals surface area contributed by atoms with Crippen LogP contribution >= 0.6 is 0 Å². The monoisotopic (exact) mass is 372 g/mol. The Labute approximate surface area is 156 Å². The van der Waals surface area contributed by atoms with Crippen LogP contribution < -0.4 is 4.43 Å². The average molecular weight is 373 g/mol. The summed E-state index contributed by atoms with van der Waals surface area (Å²) in [5.74, 6) is 0.401. The second-order valence-electron chi connectivity index (χ2n) is 7.87. The maximum atomic E-state index is 11.6. The summed E-state index contributed by atoms with van der Waals surface area (Å²) in [6.45, 7) is 16.4. The Bertz CT molecular complexity index is 777. The molecule has 1 aromatic heterocycles. The molecule has 1 atom stereocenters. The van der Waals surface area contributed by atoms with Gasteiger partial charge in [-0.1, -0.05) is 39.5 Å². The molecule has 0 saturated carbocycles. The second-order valence-corrected chi connectivity index (χ2v) is 12.6. The van der Waals surface area contributed by atoms with Crippen molar-refractivity contribution in [3.8, 4) is 5.75 Å². The normalized spacial score (nSPS) is 13.2. The lowest BCUT2D eigenvalue weighted by Crippen LogP contribution is -2.43. The highest BCUT2D eigenvalue weighted by atomic mass is 28.4. The van der Waals surface area contributed by atoms with E-state index in [1.165, 1.54) is 6.92 Å². The summed E-state index contributed by atoms with van der Waals surface area (Å²) in [5, 5.41) is 4.28. The van der Waals surface area contributed by atoms with Gasteiger partial charge in [0.25, 0.3) is 0 Å². The summed E-state index contributed by atoms with van der Waals surface area (Å²) in [7, 11) is -1.96. The van der Waals surface area contributed by atoms with Crippen LogP contribution in [0.3, 0.4) is 0 Å². The zero-order valence-corrected chi connectivity index (χ0v) is 17.4. The van der Waals surface area contributed by atoms with E-state index in [2.05, 4.69) is 45.5 Å². The summed E-state index contributed by atoms with van der Waals surface area (Å²) in [4.78, 5) is 11.6. The summed E-state index contributed by atoms with van der Waals surface area (Å²) < 4.78 is 13.5. The molecule has 5 nitrogen and oxygen atoms in total. The van der Waals surface area contributed by atoms with Crippen LogP contribution in [-0.2, 0) is 9.53 Å². The zero-order chi connectivity index (χ0) is 19.5. The van der Waals surface area contributed by atoms with E-state index in [-0.39, 0.29) is 11.0 Å². The van der Waals surface area contributed by atoms with Gasteiger partial charge in [0.2, 0.25) is 8.32 Å². The Balaban J connectivity index is 2.35. The number of rotatable bonds is 6. The lowest BCUT2D eigenvalue weighted by Gasteiger charge is -2.36. The molecular formula is C20H28N2O3Si. The van der Waals surface area contributed by atoms with E-state index in [0.29, 0.717) is 5.70 Å². The van der Waals surface area contributed by atoms with E-state index in [0.717, 1.165) is 11.3 Å². The lowest BCUT2D eigenvalue weighted by atomic mass is 10.1. The number of esters is 1. The van der Waals surface area contributed by atoms with Gasteiger partial charge in [0, 0.05) is 24.9 Å². The molecule has 0 spiro atoms. The van der Waals surface area contributed by atoms with E-state index >= 15 is 0 Å². The van der Waals surface area contributed by atoms with E-state index in [9.17, 15) is 4.79 Å². The molecular weight excluding hydrogens is 344 g/mol. The van der Waals surface area contributed by atoms with Crippen molar-refractivity contribution in [2.45, 2.75) is 51.9 Å². The van der Waals surface area contributed by atoms with Crippen LogP contribution in [0.15, 0.2) is 49.3 Å². The number of ether oxygens (including phenoxy) is 1. The van der Waals surface area contributed by atoms with E-state index < -0.39 is 14.4 Å². The van der Waals surface area contributed by atoms with E-state index in [4.69, 9.17) is 9.16 Å². The van der Waals surface area contributed by atoms with Gasteiger partial charge in [-0.15, -0.1) is 0 Å². The van der Waals surface area contributed by atoms with Gasteiger partial charge in [-0.05, 0) is 36.3 Å². The van der Waals surface area contributed by atoms with Gasteiger partial charge in [-0.3, -0.25) is 4.79 Å². The van der Waals surface area contributed by atoms with Gasteiger partial charge in [0.05, 0.1) is 5.70 Å². The third kappa shape index (κ3) is 4.63. The first kappa shape index (κ1) is 20.0. The number of hydrogen-bond donors (Lipinski definition) is 0. The standard InChI is InChI=1S/C20H28N2O3Si/c1-15(22-13-9-12-21-22)19(24-16(2)23)17-10-8-11-18(14-17)25-26(6,7)20(3,4)5/h8-14,19H,1H2,2-7H3. The minimum atomic E-state index is -1.96. The Morgan fingerprint density at radius 1 is 1.27 bits per heavy atom. The highest BCUT2D eigenvalue weighted by Crippen LogP contribution is 2.38. The molecule has 0 aliphatic heterocycles. The molecule has 0 bridgehead atoms. The summed E-state index contributed by atoms with van der Waals surface area (Å²) in [6.07, 6.45) is 2.80. The molecule has 0 fully saturated rings. The first-order chi connectivity index (χ1) is 12.0. The van der Waals surface area contributed by atoms with Crippen molar-refractivity contribution >= 4 is 20.0 Å². The molecule has 1 aromatic carbocycles. The van der Waals surface area contributed by atoms with Crippen molar-refractivity contribution in [1.82, 2.24) is 9.78 Å². The molecule has 1 unspecified atom stereocenters. The number of carbonyl (C=O) groups is 1. The topological polar surface area (TPSA) is 53.4 Å². The smallest absolute Gasteiger partial charge is 0.303 e. The van der Waals surface area contributed by atoms with E-state index in [1.807, 2.05) is 24.3 Å². The lowest BCUT2D eigenvalue weighted by molar-refractivity contribution is -0.144. The van der Waals surface area contributed by atoms with E-state index in [1.54, 1.807) is 23.1 Å². The summed E-state index contributed by atoms with van der Waals surface area (Å²) in [5.41, 5.74) is 1.37. The molecule has 0 radical (unpaired) electrons. The number of nitrogens with zero attached hydrogens (tertiary/aromatic N) is 2. The van der Waals surface area contributed by atoms with Crippen molar-refractivity contribution in [3.05, 3.63) is 54.9 Å². The molecule has 6 heteroatoms. The van der Waals surface area contributed by atoms with Crippen LogP contribution in [0.25, 0.3) is 5.70 Å². The number of hydrogen-bond acceptors (Lipinski definition) is 4. The quantitative estimate of drug-likeness (QED) is 0.526. The highest BCUT2D eigenvalue weighted by molar-refractivity contribution is 6.74. The van der Waals surface area contributed by atoms with Crippen molar-refractivity contribution < 1.29 is 14.0 Å². The second kappa shape index (κ2) is 7.49. The third-order valence-electron chi connectivity index (χ3n) is 4.73. The highest BCUT2D eigenvalue weighted by Gasteiger charge is 2.39. The van der Waals surface area contributed by atoms with Crippen LogP contribution in [0, 0.1) is 0 Å². The van der Waals surface area contributed by atoms with Gasteiger partial charge >= 0.3 is 5.97 Å². The molecule has 0 saturated heterocycles. The fourth-order valence-electron chi connectivity index (χ4n) is 2.24. The summed E-state index contributed by atoms with van der Waals surface area (Å²) >= 11 is 0. The zero-order valence-electron chi connectivity index (χ0n) is 16.4. The first-order valence-electron chi connectivity index (χ1n) is 8.66. The molecule has 0 aliphatic carbocycles. The van der Waals surface area contributed by atoms with Crippen LogP contribution in [0.4, 0.5) is 0 Å². The maximum absolute atomic E-state index is 11.6. The predicted molar refractivity (Wildman–Crippen MR) is 106 cm³/mol. The predicted octanol–water partition coefficient (Wildman–Crippen LogP) is 5.04. The van der Waals surface area contributed by atoms with Crippen molar-refractivity contribution in [3.63, 3.8) is 0 Å². The minimum Gasteiger partial charge on any atom is -0.543 e. The Hall–Kier alpha value is -2.34. The molecule has 1 heterocycles. The van der Waals surface area contributed by atoms with Crippen molar-refractivity contribution in [2.24, 2.45) is 0 Å². The molecule has 2 aromatic rings. The SMILES string of the molecule is C=C(C(OC(C)=O)c1cccc(O[Si](C)(C)C(C)(C)C)c1)n1cccn1. The van der Waals surface area contributed by atoms with Crippen LogP contribution in [-0.4, -0.2) is 24.1 Å². The fourth-order valence-corrected chi connectivity index (χ4v) is 3.26. The minimum absolute atomic E-state index is 0.0942. The molecule has 0 aliphatic rings.